The van der Waals surface area contributed by atoms with Crippen LogP contribution in [0.2, 0.25) is 0 Å². The molecular formula is C14H19F3N2S. The molecule has 1 aliphatic rings. The first kappa shape index (κ1) is 15.5. The lowest BCUT2D eigenvalue weighted by Gasteiger charge is -2.30. The fourth-order valence-corrected chi connectivity index (χ4v) is 3.17. The van der Waals surface area contributed by atoms with Gasteiger partial charge in [-0.25, -0.2) is 0 Å². The highest BCUT2D eigenvalue weighted by molar-refractivity contribution is 8.00. The summed E-state index contributed by atoms with van der Waals surface area (Å²) >= 11 is -0.0584. The molecule has 0 spiro atoms. The fraction of sp³-hybridized carbons (Fsp3) is 0.571. The first-order chi connectivity index (χ1) is 9.44. The number of rotatable bonds is 4. The van der Waals surface area contributed by atoms with Gasteiger partial charge in [-0.05, 0) is 56.2 Å². The number of alkyl halides is 3. The quantitative estimate of drug-likeness (QED) is 0.845. The van der Waals surface area contributed by atoms with Gasteiger partial charge in [0, 0.05) is 23.7 Å². The lowest BCUT2D eigenvalue weighted by atomic mass is 9.98. The second-order valence-electron chi connectivity index (χ2n) is 5.20. The standard InChI is InChI=1S/C14H19F3N2S/c1-19-8-4-5-11(10-19)9-18-12-6-2-3-7-13(12)20-14(15,16)17/h2-3,6-7,11,18H,4-5,8-10H2,1H3. The van der Waals surface area contributed by atoms with E-state index in [-0.39, 0.29) is 16.7 Å². The van der Waals surface area contributed by atoms with Gasteiger partial charge in [-0.1, -0.05) is 12.1 Å². The van der Waals surface area contributed by atoms with Crippen LogP contribution in [0, 0.1) is 5.92 Å². The van der Waals surface area contributed by atoms with Crippen LogP contribution in [0.15, 0.2) is 29.2 Å². The number of anilines is 1. The zero-order valence-corrected chi connectivity index (χ0v) is 12.2. The Bertz CT molecular complexity index is 437. The highest BCUT2D eigenvalue weighted by Crippen LogP contribution is 2.40. The molecule has 1 unspecified atom stereocenters. The molecule has 2 rings (SSSR count). The van der Waals surface area contributed by atoms with Crippen LogP contribution in [0.4, 0.5) is 18.9 Å². The van der Waals surface area contributed by atoms with Crippen LogP contribution in [-0.2, 0) is 0 Å². The van der Waals surface area contributed by atoms with E-state index in [0.29, 0.717) is 11.6 Å². The summed E-state index contributed by atoms with van der Waals surface area (Å²) in [6.45, 7) is 2.83. The normalized spacial score (nSPS) is 20.9. The van der Waals surface area contributed by atoms with Gasteiger partial charge in [0.25, 0.3) is 0 Å². The number of nitrogens with zero attached hydrogens (tertiary/aromatic N) is 1. The Hall–Kier alpha value is -0.880. The number of hydrogen-bond acceptors (Lipinski definition) is 3. The zero-order chi connectivity index (χ0) is 14.6. The van der Waals surface area contributed by atoms with Gasteiger partial charge in [-0.3, -0.25) is 0 Å². The molecule has 0 aromatic heterocycles. The van der Waals surface area contributed by atoms with Gasteiger partial charge >= 0.3 is 5.51 Å². The molecule has 0 saturated carbocycles. The lowest BCUT2D eigenvalue weighted by molar-refractivity contribution is -0.0327. The SMILES string of the molecule is CN1CCCC(CNc2ccccc2SC(F)(F)F)C1. The summed E-state index contributed by atoms with van der Waals surface area (Å²) < 4.78 is 37.5. The van der Waals surface area contributed by atoms with Crippen LogP contribution >= 0.6 is 11.8 Å². The molecule has 112 valence electrons. The Kier molecular flexibility index (Phi) is 5.21. The van der Waals surface area contributed by atoms with Crippen LogP contribution in [-0.4, -0.2) is 37.1 Å². The Morgan fingerprint density at radius 3 is 2.80 bits per heavy atom. The maximum absolute atomic E-state index is 12.5. The van der Waals surface area contributed by atoms with E-state index < -0.39 is 5.51 Å². The molecule has 1 heterocycles. The average molecular weight is 304 g/mol. The van der Waals surface area contributed by atoms with E-state index in [9.17, 15) is 13.2 Å². The van der Waals surface area contributed by atoms with E-state index in [4.69, 9.17) is 0 Å². The van der Waals surface area contributed by atoms with Crippen molar-refractivity contribution in [3.8, 4) is 0 Å². The summed E-state index contributed by atoms with van der Waals surface area (Å²) in [5.41, 5.74) is -3.67. The van der Waals surface area contributed by atoms with Gasteiger partial charge in [-0.15, -0.1) is 0 Å². The van der Waals surface area contributed by atoms with Gasteiger partial charge in [-0.2, -0.15) is 13.2 Å². The number of likely N-dealkylation sites (tertiary alicyclic amines) is 1. The Morgan fingerprint density at radius 2 is 2.10 bits per heavy atom. The summed E-state index contributed by atoms with van der Waals surface area (Å²) in [6, 6.07) is 6.61. The fourth-order valence-electron chi connectivity index (χ4n) is 2.52. The van der Waals surface area contributed by atoms with E-state index >= 15 is 0 Å². The molecule has 1 aromatic rings. The topological polar surface area (TPSA) is 15.3 Å². The van der Waals surface area contributed by atoms with Gasteiger partial charge in [0.05, 0.1) is 0 Å². The molecule has 2 nitrogen and oxygen atoms in total. The maximum atomic E-state index is 12.5. The Labute approximate surface area is 121 Å². The smallest absolute Gasteiger partial charge is 0.384 e. The summed E-state index contributed by atoms with van der Waals surface area (Å²) in [6.07, 6.45) is 2.29. The lowest BCUT2D eigenvalue weighted by Crippen LogP contribution is -2.35. The molecular weight excluding hydrogens is 285 g/mol. The van der Waals surface area contributed by atoms with Crippen molar-refractivity contribution in [2.45, 2.75) is 23.2 Å². The van der Waals surface area contributed by atoms with E-state index in [0.717, 1.165) is 32.5 Å². The average Bonchev–Trinajstić information content (AvgIpc) is 2.36. The largest absolute Gasteiger partial charge is 0.446 e. The van der Waals surface area contributed by atoms with Crippen molar-refractivity contribution in [3.63, 3.8) is 0 Å². The van der Waals surface area contributed by atoms with Crippen molar-refractivity contribution in [1.82, 2.24) is 4.90 Å². The van der Waals surface area contributed by atoms with Crippen LogP contribution in [0.25, 0.3) is 0 Å². The molecule has 0 aliphatic carbocycles. The molecule has 1 saturated heterocycles. The Balaban J connectivity index is 1.95. The second kappa shape index (κ2) is 6.72. The molecule has 1 atom stereocenters. The molecule has 1 N–H and O–H groups in total. The summed E-state index contributed by atoms with van der Waals surface area (Å²) in [7, 11) is 2.08. The van der Waals surface area contributed by atoms with Crippen molar-refractivity contribution in [3.05, 3.63) is 24.3 Å². The molecule has 0 radical (unpaired) electrons. The minimum Gasteiger partial charge on any atom is -0.384 e. The van der Waals surface area contributed by atoms with Crippen molar-refractivity contribution in [2.24, 2.45) is 5.92 Å². The zero-order valence-electron chi connectivity index (χ0n) is 11.4. The maximum Gasteiger partial charge on any atom is 0.446 e. The molecule has 1 fully saturated rings. The van der Waals surface area contributed by atoms with E-state index in [1.54, 1.807) is 18.2 Å². The van der Waals surface area contributed by atoms with Crippen molar-refractivity contribution >= 4 is 17.4 Å². The van der Waals surface area contributed by atoms with Crippen molar-refractivity contribution in [2.75, 3.05) is 32.0 Å². The molecule has 20 heavy (non-hydrogen) atoms. The number of nitrogens with one attached hydrogen (secondary N) is 1. The highest BCUT2D eigenvalue weighted by Gasteiger charge is 2.30. The van der Waals surface area contributed by atoms with Gasteiger partial charge < -0.3 is 10.2 Å². The van der Waals surface area contributed by atoms with Crippen molar-refractivity contribution < 1.29 is 13.2 Å². The number of hydrogen-bond donors (Lipinski definition) is 1. The summed E-state index contributed by atoms with van der Waals surface area (Å²) in [4.78, 5) is 2.51. The molecule has 1 aromatic carbocycles. The number of para-hydroxylation sites is 1. The highest BCUT2D eigenvalue weighted by atomic mass is 32.2. The van der Waals surface area contributed by atoms with Crippen molar-refractivity contribution in [1.29, 1.82) is 0 Å². The van der Waals surface area contributed by atoms with Crippen LogP contribution in [0.3, 0.4) is 0 Å². The minimum absolute atomic E-state index is 0.0584. The molecule has 0 amide bonds. The summed E-state index contributed by atoms with van der Waals surface area (Å²) in [5, 5.41) is 3.18. The number of benzene rings is 1. The van der Waals surface area contributed by atoms with E-state index in [1.807, 2.05) is 0 Å². The van der Waals surface area contributed by atoms with Crippen LogP contribution in [0.5, 0.6) is 0 Å². The van der Waals surface area contributed by atoms with E-state index in [2.05, 4.69) is 17.3 Å². The van der Waals surface area contributed by atoms with Gasteiger partial charge in [0.15, 0.2) is 0 Å². The molecule has 6 heteroatoms. The second-order valence-corrected chi connectivity index (χ2v) is 6.30. The third-order valence-electron chi connectivity index (χ3n) is 3.42. The monoisotopic (exact) mass is 304 g/mol. The van der Waals surface area contributed by atoms with Gasteiger partial charge in [0.2, 0.25) is 0 Å². The summed E-state index contributed by atoms with van der Waals surface area (Å²) in [5.74, 6) is 0.498. The Morgan fingerprint density at radius 1 is 1.35 bits per heavy atom. The first-order valence-corrected chi connectivity index (χ1v) is 7.53. The first-order valence-electron chi connectivity index (χ1n) is 6.71. The molecule has 0 bridgehead atoms. The predicted molar refractivity (Wildman–Crippen MR) is 77.1 cm³/mol. The van der Waals surface area contributed by atoms with E-state index in [1.165, 1.54) is 6.07 Å². The number of piperidine rings is 1. The van der Waals surface area contributed by atoms with Crippen LogP contribution in [0.1, 0.15) is 12.8 Å². The minimum atomic E-state index is -4.25. The number of halogens is 3. The molecule has 1 aliphatic heterocycles. The predicted octanol–water partition coefficient (Wildman–Crippen LogP) is 4.05. The third-order valence-corrected chi connectivity index (χ3v) is 4.22. The third kappa shape index (κ3) is 4.90. The van der Waals surface area contributed by atoms with Gasteiger partial charge in [0.1, 0.15) is 0 Å². The number of thioether (sulfide) groups is 1. The van der Waals surface area contributed by atoms with Crippen LogP contribution < -0.4 is 5.32 Å².